The van der Waals surface area contributed by atoms with Gasteiger partial charge in [0, 0.05) is 54.6 Å². The summed E-state index contributed by atoms with van der Waals surface area (Å²) in [7, 11) is 0. The number of benzene rings is 1. The van der Waals surface area contributed by atoms with Gasteiger partial charge in [0.15, 0.2) is 0 Å². The van der Waals surface area contributed by atoms with E-state index in [9.17, 15) is 20.0 Å². The van der Waals surface area contributed by atoms with Crippen molar-refractivity contribution in [2.24, 2.45) is 0 Å². The first kappa shape index (κ1) is 29.3. The number of hydrogen-bond donors (Lipinski definition) is 2. The van der Waals surface area contributed by atoms with Gasteiger partial charge in [0.25, 0.3) is 5.91 Å². The van der Waals surface area contributed by atoms with Crippen molar-refractivity contribution in [3.8, 4) is 6.07 Å². The van der Waals surface area contributed by atoms with Crippen molar-refractivity contribution >= 4 is 34.1 Å². The molecule has 2 bridgehead atoms. The van der Waals surface area contributed by atoms with Gasteiger partial charge in [-0.15, -0.1) is 0 Å². The van der Waals surface area contributed by atoms with Gasteiger partial charge in [-0.05, 0) is 84.2 Å². The van der Waals surface area contributed by atoms with Crippen LogP contribution in [0.15, 0.2) is 42.7 Å². The van der Waals surface area contributed by atoms with Crippen LogP contribution in [0.3, 0.4) is 0 Å². The van der Waals surface area contributed by atoms with Gasteiger partial charge < -0.3 is 20.1 Å². The highest BCUT2D eigenvalue weighted by Gasteiger charge is 2.71. The van der Waals surface area contributed by atoms with E-state index in [1.807, 2.05) is 39.1 Å². The molecule has 4 heterocycles. The van der Waals surface area contributed by atoms with Gasteiger partial charge in [-0.2, -0.15) is 15.5 Å². The van der Waals surface area contributed by atoms with E-state index in [1.165, 1.54) is 10.7 Å². The second-order valence-corrected chi connectivity index (χ2v) is 14.4. The summed E-state index contributed by atoms with van der Waals surface area (Å²) >= 11 is 0. The summed E-state index contributed by atoms with van der Waals surface area (Å²) in [5.41, 5.74) is 1.56. The molecular weight excluding hydrogens is 572 g/mol. The summed E-state index contributed by atoms with van der Waals surface area (Å²) < 4.78 is 9.13. The topological polar surface area (TPSA) is 141 Å². The van der Waals surface area contributed by atoms with Crippen molar-refractivity contribution in [3.63, 3.8) is 0 Å². The highest BCUT2D eigenvalue weighted by Crippen LogP contribution is 2.68. The van der Waals surface area contributed by atoms with E-state index in [0.717, 1.165) is 43.3 Å². The molecule has 234 valence electrons. The van der Waals surface area contributed by atoms with E-state index < -0.39 is 11.2 Å². The first-order chi connectivity index (χ1) is 21.2. The van der Waals surface area contributed by atoms with E-state index in [4.69, 9.17) is 9.84 Å². The number of amides is 2. The standard InChI is InChI=1S/C33H38N8O4/c1-30(2,3)45-29(43)38-8-10-39(11-9-38)32-18-33(19-32,20-32)40-17-22-13-26(24(31(4,5)44)14-25(22)37-40)36-28(42)27-7-6-23-12-21(15-34)16-35-41(23)27/h6-7,12-14,16-17,44H,8-11,18-20H2,1-5H3,(H,36,42). The summed E-state index contributed by atoms with van der Waals surface area (Å²) in [6.07, 6.45) is 6.23. The number of nitrogens with zero attached hydrogens (tertiary/aromatic N) is 7. The molecule has 2 amide bonds. The van der Waals surface area contributed by atoms with Crippen LogP contribution in [0.5, 0.6) is 0 Å². The quantitative estimate of drug-likeness (QED) is 0.342. The van der Waals surface area contributed by atoms with Crippen LogP contribution in [0.2, 0.25) is 0 Å². The molecule has 1 aliphatic heterocycles. The third kappa shape index (κ3) is 4.91. The lowest BCUT2D eigenvalue weighted by Crippen LogP contribution is -2.80. The van der Waals surface area contributed by atoms with Crippen LogP contribution >= 0.6 is 0 Å². The molecule has 3 saturated carbocycles. The molecule has 3 aromatic heterocycles. The molecule has 3 aliphatic carbocycles. The molecule has 0 unspecified atom stereocenters. The minimum absolute atomic E-state index is 0.0432. The average molecular weight is 611 g/mol. The maximum Gasteiger partial charge on any atom is 0.410 e. The van der Waals surface area contributed by atoms with E-state index in [0.29, 0.717) is 41.1 Å². The molecule has 1 saturated heterocycles. The number of hydrogen-bond acceptors (Lipinski definition) is 8. The second kappa shape index (κ2) is 9.76. The highest BCUT2D eigenvalue weighted by molar-refractivity contribution is 6.05. The lowest BCUT2D eigenvalue weighted by molar-refractivity contribution is -0.216. The third-order valence-corrected chi connectivity index (χ3v) is 9.48. The first-order valence-electron chi connectivity index (χ1n) is 15.4. The molecule has 8 rings (SSSR count). The van der Waals surface area contributed by atoms with Crippen molar-refractivity contribution in [2.75, 3.05) is 31.5 Å². The summed E-state index contributed by atoms with van der Waals surface area (Å²) in [4.78, 5) is 30.3. The van der Waals surface area contributed by atoms with E-state index in [1.54, 1.807) is 36.9 Å². The first-order valence-corrected chi connectivity index (χ1v) is 15.4. The summed E-state index contributed by atoms with van der Waals surface area (Å²) in [6.45, 7) is 12.0. The lowest BCUT2D eigenvalue weighted by Gasteiger charge is -2.74. The lowest BCUT2D eigenvalue weighted by atomic mass is 9.43. The van der Waals surface area contributed by atoms with Crippen LogP contribution in [-0.2, 0) is 15.9 Å². The van der Waals surface area contributed by atoms with Crippen LogP contribution in [0.4, 0.5) is 10.5 Å². The van der Waals surface area contributed by atoms with Crippen LogP contribution in [0.1, 0.15) is 75.5 Å². The van der Waals surface area contributed by atoms with Gasteiger partial charge in [0.2, 0.25) is 0 Å². The fraction of sp³-hybridized carbons (Fsp3) is 0.485. The molecule has 4 aromatic rings. The maximum absolute atomic E-state index is 13.4. The minimum Gasteiger partial charge on any atom is -0.444 e. The number of aromatic nitrogens is 4. The number of nitrogens with one attached hydrogen (secondary N) is 1. The Balaban J connectivity index is 1.07. The molecule has 0 radical (unpaired) electrons. The number of nitriles is 1. The molecule has 0 atom stereocenters. The zero-order chi connectivity index (χ0) is 31.9. The van der Waals surface area contributed by atoms with E-state index >= 15 is 0 Å². The summed E-state index contributed by atoms with van der Waals surface area (Å²) in [6, 6.07) is 10.9. The fourth-order valence-electron chi connectivity index (χ4n) is 7.29. The van der Waals surface area contributed by atoms with Gasteiger partial charge in [0.05, 0.1) is 33.9 Å². The Morgan fingerprint density at radius 2 is 1.73 bits per heavy atom. The molecule has 45 heavy (non-hydrogen) atoms. The minimum atomic E-state index is -1.23. The summed E-state index contributed by atoms with van der Waals surface area (Å²) in [5, 5.41) is 33.3. The highest BCUT2D eigenvalue weighted by atomic mass is 16.6. The van der Waals surface area contributed by atoms with Crippen molar-refractivity contribution in [1.82, 2.24) is 29.2 Å². The molecule has 0 spiro atoms. The number of ether oxygens (including phenoxy) is 1. The number of carbonyl (C=O) groups excluding carboxylic acids is 2. The number of aliphatic hydroxyl groups is 1. The largest absolute Gasteiger partial charge is 0.444 e. The van der Waals surface area contributed by atoms with Crippen LogP contribution in [0.25, 0.3) is 16.4 Å². The Hall–Kier alpha value is -4.47. The molecule has 4 aliphatic rings. The summed E-state index contributed by atoms with van der Waals surface area (Å²) in [5.74, 6) is -0.377. The Bertz CT molecular complexity index is 1880. The maximum atomic E-state index is 13.4. The molecule has 2 N–H and O–H groups in total. The zero-order valence-corrected chi connectivity index (χ0v) is 26.3. The molecule has 12 heteroatoms. The van der Waals surface area contributed by atoms with Crippen molar-refractivity contribution < 1.29 is 19.4 Å². The Morgan fingerprint density at radius 1 is 1.02 bits per heavy atom. The van der Waals surface area contributed by atoms with E-state index in [-0.39, 0.29) is 23.1 Å². The van der Waals surface area contributed by atoms with Gasteiger partial charge >= 0.3 is 6.09 Å². The van der Waals surface area contributed by atoms with Crippen LogP contribution in [0, 0.1) is 11.3 Å². The predicted molar refractivity (Wildman–Crippen MR) is 167 cm³/mol. The Labute approximate surface area is 261 Å². The number of rotatable bonds is 5. The van der Waals surface area contributed by atoms with Gasteiger partial charge in [-0.3, -0.25) is 14.4 Å². The number of carbonyl (C=O) groups is 2. The molecule has 12 nitrogen and oxygen atoms in total. The van der Waals surface area contributed by atoms with Crippen molar-refractivity contribution in [3.05, 3.63) is 59.5 Å². The van der Waals surface area contributed by atoms with Gasteiger partial charge in [-0.1, -0.05) is 0 Å². The van der Waals surface area contributed by atoms with Crippen molar-refractivity contribution in [2.45, 2.75) is 76.2 Å². The predicted octanol–water partition coefficient (Wildman–Crippen LogP) is 4.22. The molecular formula is C33H38N8O4. The van der Waals surface area contributed by atoms with Crippen molar-refractivity contribution in [1.29, 1.82) is 5.26 Å². The van der Waals surface area contributed by atoms with Gasteiger partial charge in [-0.25, -0.2) is 9.31 Å². The molecule has 1 aromatic carbocycles. The third-order valence-electron chi connectivity index (χ3n) is 9.48. The monoisotopic (exact) mass is 610 g/mol. The zero-order valence-electron chi connectivity index (χ0n) is 26.3. The Kier molecular flexibility index (Phi) is 6.35. The normalized spacial score (nSPS) is 23.4. The Morgan fingerprint density at radius 3 is 2.38 bits per heavy atom. The van der Waals surface area contributed by atoms with Crippen LogP contribution < -0.4 is 5.32 Å². The SMILES string of the molecule is CC(C)(C)OC(=O)N1CCN(C23CC(n4cc5cc(NC(=O)c6ccc7cc(C#N)cnn67)c(C(C)(C)O)cc5n4)(C2)C3)CC1. The fourth-order valence-corrected chi connectivity index (χ4v) is 7.29. The molecule has 4 fully saturated rings. The average Bonchev–Trinajstić information content (AvgIpc) is 3.53. The van der Waals surface area contributed by atoms with E-state index in [2.05, 4.69) is 26.1 Å². The number of fused-ring (bicyclic) bond motifs is 2. The second-order valence-electron chi connectivity index (χ2n) is 14.4. The number of piperazine rings is 1. The number of anilines is 1. The van der Waals surface area contributed by atoms with Crippen LogP contribution in [-0.4, -0.2) is 83.6 Å². The smallest absolute Gasteiger partial charge is 0.410 e. The van der Waals surface area contributed by atoms with Gasteiger partial charge in [0.1, 0.15) is 17.4 Å².